The van der Waals surface area contributed by atoms with E-state index in [-0.39, 0.29) is 5.92 Å². The monoisotopic (exact) mass is 309 g/mol. The van der Waals surface area contributed by atoms with E-state index in [4.69, 9.17) is 16.3 Å². The van der Waals surface area contributed by atoms with Crippen LogP contribution in [0.25, 0.3) is 0 Å². The van der Waals surface area contributed by atoms with Gasteiger partial charge < -0.3 is 9.84 Å². The molecule has 1 unspecified atom stereocenters. The lowest BCUT2D eigenvalue weighted by Crippen LogP contribution is -2.05. The Hall–Kier alpha value is -1.59. The van der Waals surface area contributed by atoms with E-state index in [1.54, 1.807) is 30.2 Å². The maximum absolute atomic E-state index is 10.7. The molecule has 0 aliphatic rings. The van der Waals surface area contributed by atoms with Crippen molar-refractivity contribution in [3.05, 3.63) is 40.4 Å². The highest BCUT2D eigenvalue weighted by Crippen LogP contribution is 2.34. The molecule has 0 radical (unpaired) electrons. The quantitative estimate of drug-likeness (QED) is 0.922. The van der Waals surface area contributed by atoms with E-state index < -0.39 is 6.10 Å². The standard InChI is InChI=1S/C15H20ClN3O2/c1-5-21-11-6-10(7-17-8-11)14(20)12-13(9(2)3)18-19(4)15(12)16/h6-9,14,20H,5H2,1-4H3. The average molecular weight is 310 g/mol. The minimum atomic E-state index is -0.878. The van der Waals surface area contributed by atoms with Gasteiger partial charge in [0, 0.05) is 24.4 Å². The van der Waals surface area contributed by atoms with Gasteiger partial charge in [0.25, 0.3) is 0 Å². The largest absolute Gasteiger partial charge is 0.492 e. The number of halogens is 1. The van der Waals surface area contributed by atoms with Crippen molar-refractivity contribution in [2.45, 2.75) is 32.8 Å². The SMILES string of the molecule is CCOc1cncc(C(O)c2c(C(C)C)nn(C)c2Cl)c1. The molecule has 0 bridgehead atoms. The number of ether oxygens (including phenoxy) is 1. The van der Waals surface area contributed by atoms with Crippen LogP contribution in [0, 0.1) is 0 Å². The Bertz CT molecular complexity index is 625. The first kappa shape index (κ1) is 15.8. The van der Waals surface area contributed by atoms with Crippen molar-refractivity contribution < 1.29 is 9.84 Å². The van der Waals surface area contributed by atoms with Gasteiger partial charge in [0.05, 0.1) is 18.5 Å². The fraction of sp³-hybridized carbons (Fsp3) is 0.467. The second-order valence-corrected chi connectivity index (χ2v) is 5.52. The van der Waals surface area contributed by atoms with Gasteiger partial charge >= 0.3 is 0 Å². The van der Waals surface area contributed by atoms with Gasteiger partial charge in [-0.05, 0) is 18.9 Å². The fourth-order valence-corrected chi connectivity index (χ4v) is 2.45. The first-order valence-corrected chi connectivity index (χ1v) is 7.31. The summed E-state index contributed by atoms with van der Waals surface area (Å²) in [5.74, 6) is 0.788. The molecule has 6 heteroatoms. The van der Waals surface area contributed by atoms with Crippen LogP contribution in [0.4, 0.5) is 0 Å². The van der Waals surface area contributed by atoms with Gasteiger partial charge in [-0.1, -0.05) is 25.4 Å². The van der Waals surface area contributed by atoms with E-state index in [0.29, 0.717) is 28.6 Å². The van der Waals surface area contributed by atoms with Gasteiger partial charge in [0.1, 0.15) is 17.0 Å². The topological polar surface area (TPSA) is 60.2 Å². The highest BCUT2D eigenvalue weighted by Gasteiger charge is 2.25. The number of aryl methyl sites for hydroxylation is 1. The molecule has 0 saturated heterocycles. The molecule has 2 aromatic heterocycles. The molecule has 2 aromatic rings. The lowest BCUT2D eigenvalue weighted by Gasteiger charge is -2.14. The highest BCUT2D eigenvalue weighted by atomic mass is 35.5. The molecule has 0 amide bonds. The summed E-state index contributed by atoms with van der Waals surface area (Å²) < 4.78 is 7.00. The molecule has 114 valence electrons. The zero-order valence-corrected chi connectivity index (χ0v) is 13.4. The third-order valence-corrected chi connectivity index (χ3v) is 3.67. The molecule has 0 saturated carbocycles. The second kappa shape index (κ2) is 6.45. The predicted octanol–water partition coefficient (Wildman–Crippen LogP) is 3.07. The van der Waals surface area contributed by atoms with Crippen LogP contribution in [0.2, 0.25) is 5.15 Å². The number of hydrogen-bond donors (Lipinski definition) is 1. The zero-order chi connectivity index (χ0) is 15.6. The number of aromatic nitrogens is 3. The van der Waals surface area contributed by atoms with Crippen LogP contribution in [0.1, 0.15) is 49.6 Å². The van der Waals surface area contributed by atoms with Crippen LogP contribution < -0.4 is 4.74 Å². The maximum Gasteiger partial charge on any atom is 0.137 e. The molecule has 0 aliphatic carbocycles. The summed E-state index contributed by atoms with van der Waals surface area (Å²) in [5.41, 5.74) is 2.05. The van der Waals surface area contributed by atoms with E-state index in [1.165, 1.54) is 0 Å². The van der Waals surface area contributed by atoms with Crippen molar-refractivity contribution in [2.24, 2.45) is 7.05 Å². The Labute approximate surface area is 129 Å². The van der Waals surface area contributed by atoms with Gasteiger partial charge in [0.15, 0.2) is 0 Å². The van der Waals surface area contributed by atoms with Crippen molar-refractivity contribution in [1.29, 1.82) is 0 Å². The van der Waals surface area contributed by atoms with Gasteiger partial charge in [0.2, 0.25) is 0 Å². The van der Waals surface area contributed by atoms with E-state index in [1.807, 2.05) is 20.8 Å². The van der Waals surface area contributed by atoms with Crippen LogP contribution in [-0.2, 0) is 7.05 Å². The summed E-state index contributed by atoms with van der Waals surface area (Å²) in [6.07, 6.45) is 2.35. The first-order valence-electron chi connectivity index (χ1n) is 6.93. The molecule has 0 aromatic carbocycles. The predicted molar refractivity (Wildman–Crippen MR) is 81.8 cm³/mol. The van der Waals surface area contributed by atoms with Crippen molar-refractivity contribution in [2.75, 3.05) is 6.61 Å². The number of pyridine rings is 1. The summed E-state index contributed by atoms with van der Waals surface area (Å²) in [6, 6.07) is 1.77. The molecule has 21 heavy (non-hydrogen) atoms. The van der Waals surface area contributed by atoms with Gasteiger partial charge in [-0.15, -0.1) is 0 Å². The summed E-state index contributed by atoms with van der Waals surface area (Å²) in [6.45, 7) is 6.48. The van der Waals surface area contributed by atoms with Crippen molar-refractivity contribution in [3.8, 4) is 5.75 Å². The molecule has 0 aliphatic heterocycles. The number of rotatable bonds is 5. The van der Waals surface area contributed by atoms with E-state index >= 15 is 0 Å². The third kappa shape index (κ3) is 3.19. The van der Waals surface area contributed by atoms with E-state index in [9.17, 15) is 5.11 Å². The molecule has 0 spiro atoms. The minimum Gasteiger partial charge on any atom is -0.492 e. The van der Waals surface area contributed by atoms with Crippen LogP contribution in [-0.4, -0.2) is 26.5 Å². The van der Waals surface area contributed by atoms with E-state index in [0.717, 1.165) is 5.69 Å². The Morgan fingerprint density at radius 3 is 2.71 bits per heavy atom. The fourth-order valence-electron chi connectivity index (χ4n) is 2.22. The van der Waals surface area contributed by atoms with Crippen LogP contribution in [0.3, 0.4) is 0 Å². The zero-order valence-electron chi connectivity index (χ0n) is 12.7. The van der Waals surface area contributed by atoms with Gasteiger partial charge in [-0.2, -0.15) is 5.10 Å². The third-order valence-electron chi connectivity index (χ3n) is 3.22. The summed E-state index contributed by atoms with van der Waals surface area (Å²) in [7, 11) is 1.76. The molecule has 1 N–H and O–H groups in total. The van der Waals surface area contributed by atoms with Crippen molar-refractivity contribution in [3.63, 3.8) is 0 Å². The smallest absolute Gasteiger partial charge is 0.137 e. The molecule has 2 heterocycles. The van der Waals surface area contributed by atoms with Crippen LogP contribution in [0.15, 0.2) is 18.5 Å². The number of aliphatic hydroxyl groups is 1. The summed E-state index contributed by atoms with van der Waals surface area (Å²) >= 11 is 6.29. The molecular weight excluding hydrogens is 290 g/mol. The Balaban J connectivity index is 2.44. The number of nitrogens with zero attached hydrogens (tertiary/aromatic N) is 3. The van der Waals surface area contributed by atoms with Crippen LogP contribution >= 0.6 is 11.6 Å². The molecule has 5 nitrogen and oxygen atoms in total. The number of hydrogen-bond acceptors (Lipinski definition) is 4. The van der Waals surface area contributed by atoms with E-state index in [2.05, 4.69) is 10.1 Å². The summed E-state index contributed by atoms with van der Waals surface area (Å²) in [4.78, 5) is 4.11. The normalized spacial score (nSPS) is 12.7. The Morgan fingerprint density at radius 2 is 2.10 bits per heavy atom. The first-order chi connectivity index (χ1) is 9.95. The maximum atomic E-state index is 10.7. The molecule has 1 atom stereocenters. The summed E-state index contributed by atoms with van der Waals surface area (Å²) in [5, 5.41) is 15.5. The minimum absolute atomic E-state index is 0.163. The van der Waals surface area contributed by atoms with Crippen LogP contribution in [0.5, 0.6) is 5.75 Å². The Morgan fingerprint density at radius 1 is 1.38 bits per heavy atom. The molecular formula is C15H20ClN3O2. The molecule has 0 fully saturated rings. The second-order valence-electron chi connectivity index (χ2n) is 5.16. The molecule has 2 rings (SSSR count). The van der Waals surface area contributed by atoms with Gasteiger partial charge in [-0.3, -0.25) is 9.67 Å². The van der Waals surface area contributed by atoms with Gasteiger partial charge in [-0.25, -0.2) is 0 Å². The number of aliphatic hydroxyl groups excluding tert-OH is 1. The lowest BCUT2D eigenvalue weighted by atomic mass is 9.98. The highest BCUT2D eigenvalue weighted by molar-refractivity contribution is 6.30. The Kier molecular flexibility index (Phi) is 4.85. The lowest BCUT2D eigenvalue weighted by molar-refractivity contribution is 0.217. The van der Waals surface area contributed by atoms with Crippen molar-refractivity contribution >= 4 is 11.6 Å². The average Bonchev–Trinajstić information content (AvgIpc) is 2.75. The van der Waals surface area contributed by atoms with Crippen molar-refractivity contribution in [1.82, 2.24) is 14.8 Å².